The summed E-state index contributed by atoms with van der Waals surface area (Å²) in [6, 6.07) is 1.93. The van der Waals surface area contributed by atoms with Crippen LogP contribution in [0, 0.1) is 11.8 Å². The van der Waals surface area contributed by atoms with Crippen molar-refractivity contribution < 1.29 is 14.3 Å². The van der Waals surface area contributed by atoms with Crippen LogP contribution in [0.25, 0.3) is 0 Å². The second-order valence-electron chi connectivity index (χ2n) is 4.89. The molecule has 0 aromatic carbocycles. The van der Waals surface area contributed by atoms with Crippen LogP contribution < -0.4 is 0 Å². The number of hydrogen-bond donors (Lipinski definition) is 1. The fourth-order valence-electron chi connectivity index (χ4n) is 3.08. The lowest BCUT2D eigenvalue weighted by molar-refractivity contribution is -0.144. The molecule has 90 valence electrons. The van der Waals surface area contributed by atoms with Crippen LogP contribution in [0.1, 0.15) is 41.2 Å². The van der Waals surface area contributed by atoms with Gasteiger partial charge in [0.25, 0.3) is 0 Å². The first-order valence-electron chi connectivity index (χ1n) is 6.03. The number of methoxy groups -OCH3 is 1. The Morgan fingerprint density at radius 3 is 2.82 bits per heavy atom. The van der Waals surface area contributed by atoms with E-state index in [9.17, 15) is 9.59 Å². The summed E-state index contributed by atoms with van der Waals surface area (Å²) in [5.74, 6) is -0.622. The molecule has 0 amide bonds. The van der Waals surface area contributed by atoms with Crippen molar-refractivity contribution in [2.24, 2.45) is 11.8 Å². The smallest absolute Gasteiger partial charge is 0.317 e. The second kappa shape index (κ2) is 3.72. The number of carbonyl (C=O) groups is 2. The van der Waals surface area contributed by atoms with Gasteiger partial charge in [-0.15, -0.1) is 0 Å². The molecule has 1 N–H and O–H groups in total. The maximum atomic E-state index is 12.2. The predicted octanol–water partition coefficient (Wildman–Crippen LogP) is 1.88. The van der Waals surface area contributed by atoms with E-state index in [0.717, 1.165) is 18.4 Å². The number of esters is 1. The number of aromatic nitrogens is 1. The molecule has 0 spiro atoms. The van der Waals surface area contributed by atoms with Gasteiger partial charge in [-0.25, -0.2) is 0 Å². The average Bonchev–Trinajstić information content (AvgIpc) is 2.80. The largest absolute Gasteiger partial charge is 0.468 e. The Labute approximate surface area is 99.3 Å². The molecule has 1 fully saturated rings. The summed E-state index contributed by atoms with van der Waals surface area (Å²) in [6.07, 6.45) is 5.19. The Bertz CT molecular complexity index is 473. The van der Waals surface area contributed by atoms with Crippen molar-refractivity contribution in [3.05, 3.63) is 23.5 Å². The zero-order chi connectivity index (χ0) is 12.0. The molecular weight excluding hydrogens is 218 g/mol. The number of carbonyl (C=O) groups excluding carboxylic acids is 2. The zero-order valence-corrected chi connectivity index (χ0v) is 9.73. The van der Waals surface area contributed by atoms with Crippen LogP contribution in [-0.4, -0.2) is 23.8 Å². The molecule has 2 aliphatic rings. The quantitative estimate of drug-likeness (QED) is 0.626. The van der Waals surface area contributed by atoms with E-state index in [1.54, 1.807) is 6.20 Å². The summed E-state index contributed by atoms with van der Waals surface area (Å²) in [5, 5.41) is 0. The van der Waals surface area contributed by atoms with Crippen LogP contribution >= 0.6 is 0 Å². The summed E-state index contributed by atoms with van der Waals surface area (Å²) in [7, 11) is 1.35. The van der Waals surface area contributed by atoms with Crippen LogP contribution in [0.4, 0.5) is 0 Å². The van der Waals surface area contributed by atoms with Crippen LogP contribution in [0.15, 0.2) is 12.3 Å². The molecule has 4 heteroatoms. The Kier molecular flexibility index (Phi) is 2.31. The zero-order valence-electron chi connectivity index (χ0n) is 9.73. The molecule has 1 saturated carbocycles. The highest BCUT2D eigenvalue weighted by Gasteiger charge is 2.50. The topological polar surface area (TPSA) is 59.2 Å². The second-order valence-corrected chi connectivity index (χ2v) is 4.89. The molecule has 2 aliphatic carbocycles. The van der Waals surface area contributed by atoms with Crippen molar-refractivity contribution in [2.45, 2.75) is 25.2 Å². The van der Waals surface area contributed by atoms with Gasteiger partial charge >= 0.3 is 5.97 Å². The molecular formula is C13H15NO3. The number of ketones is 1. The number of rotatable bonds is 2. The van der Waals surface area contributed by atoms with Gasteiger partial charge in [-0.05, 0) is 30.4 Å². The van der Waals surface area contributed by atoms with Gasteiger partial charge in [-0.3, -0.25) is 9.59 Å². The van der Waals surface area contributed by atoms with E-state index >= 15 is 0 Å². The number of ether oxygens (including phenoxy) is 1. The number of fused-ring (bicyclic) bond motifs is 1. The molecule has 4 nitrogen and oxygen atoms in total. The van der Waals surface area contributed by atoms with Crippen molar-refractivity contribution >= 4 is 11.8 Å². The maximum Gasteiger partial charge on any atom is 0.317 e. The Hall–Kier alpha value is -1.58. The summed E-state index contributed by atoms with van der Waals surface area (Å²) >= 11 is 0. The minimum absolute atomic E-state index is 0.0324. The van der Waals surface area contributed by atoms with E-state index in [2.05, 4.69) is 4.98 Å². The predicted molar refractivity (Wildman–Crippen MR) is 60.7 cm³/mol. The van der Waals surface area contributed by atoms with Crippen molar-refractivity contribution in [1.82, 2.24) is 4.98 Å². The third-order valence-corrected chi connectivity index (χ3v) is 4.14. The lowest BCUT2D eigenvalue weighted by Crippen LogP contribution is -2.32. The van der Waals surface area contributed by atoms with E-state index in [0.29, 0.717) is 11.6 Å². The highest BCUT2D eigenvalue weighted by atomic mass is 16.5. The maximum absolute atomic E-state index is 12.2. The van der Waals surface area contributed by atoms with Gasteiger partial charge in [-0.1, -0.05) is 6.42 Å². The van der Waals surface area contributed by atoms with Gasteiger partial charge < -0.3 is 9.72 Å². The van der Waals surface area contributed by atoms with Crippen LogP contribution in [-0.2, 0) is 9.53 Å². The van der Waals surface area contributed by atoms with Crippen LogP contribution in [0.2, 0.25) is 0 Å². The minimum atomic E-state index is -0.618. The van der Waals surface area contributed by atoms with E-state index < -0.39 is 11.9 Å². The van der Waals surface area contributed by atoms with Crippen molar-refractivity contribution in [3.63, 3.8) is 0 Å². The summed E-state index contributed by atoms with van der Waals surface area (Å²) in [4.78, 5) is 26.9. The SMILES string of the molecule is COC(=O)[C@@H]1C(=O)c2[nH]ccc2[C@H]1C1CCC1. The van der Waals surface area contributed by atoms with Gasteiger partial charge in [0.15, 0.2) is 5.78 Å². The van der Waals surface area contributed by atoms with E-state index in [4.69, 9.17) is 4.74 Å². The number of aromatic amines is 1. The number of Topliss-reactive ketones (excluding diaryl/α,β-unsaturated/α-hetero) is 1. The van der Waals surface area contributed by atoms with E-state index in [-0.39, 0.29) is 11.7 Å². The Morgan fingerprint density at radius 2 is 2.24 bits per heavy atom. The first kappa shape index (κ1) is 10.6. The number of nitrogens with one attached hydrogen (secondary N) is 1. The molecule has 2 atom stereocenters. The van der Waals surface area contributed by atoms with Crippen molar-refractivity contribution in [2.75, 3.05) is 7.11 Å². The molecule has 1 aromatic rings. The third-order valence-electron chi connectivity index (χ3n) is 4.14. The summed E-state index contributed by atoms with van der Waals surface area (Å²) in [5.41, 5.74) is 1.62. The van der Waals surface area contributed by atoms with Crippen LogP contribution in [0.5, 0.6) is 0 Å². The third kappa shape index (κ3) is 1.36. The first-order valence-corrected chi connectivity index (χ1v) is 6.03. The van der Waals surface area contributed by atoms with Gasteiger partial charge in [-0.2, -0.15) is 0 Å². The van der Waals surface area contributed by atoms with Gasteiger partial charge in [0.2, 0.25) is 0 Å². The van der Waals surface area contributed by atoms with Crippen molar-refractivity contribution in [3.8, 4) is 0 Å². The normalized spacial score (nSPS) is 27.7. The molecule has 0 saturated heterocycles. The fourth-order valence-corrected chi connectivity index (χ4v) is 3.08. The van der Waals surface area contributed by atoms with E-state index in [1.807, 2.05) is 6.07 Å². The lowest BCUT2D eigenvalue weighted by atomic mass is 9.70. The van der Waals surface area contributed by atoms with Crippen molar-refractivity contribution in [1.29, 1.82) is 0 Å². The van der Waals surface area contributed by atoms with Gasteiger partial charge in [0.05, 0.1) is 12.8 Å². The molecule has 0 unspecified atom stereocenters. The monoisotopic (exact) mass is 233 g/mol. The lowest BCUT2D eigenvalue weighted by Gasteiger charge is -2.33. The highest BCUT2D eigenvalue weighted by Crippen LogP contribution is 2.49. The first-order chi connectivity index (χ1) is 8.24. The van der Waals surface area contributed by atoms with E-state index in [1.165, 1.54) is 13.5 Å². The molecule has 0 bridgehead atoms. The Morgan fingerprint density at radius 1 is 1.47 bits per heavy atom. The van der Waals surface area contributed by atoms with Gasteiger partial charge in [0, 0.05) is 12.1 Å². The van der Waals surface area contributed by atoms with Gasteiger partial charge in [0.1, 0.15) is 5.92 Å². The minimum Gasteiger partial charge on any atom is -0.468 e. The molecule has 1 heterocycles. The fraction of sp³-hybridized carbons (Fsp3) is 0.538. The number of H-pyrrole nitrogens is 1. The standard InChI is InChI=1S/C13H15NO3/c1-17-13(16)10-9(7-3-2-4-7)8-5-6-14-11(8)12(10)15/h5-7,9-10,14H,2-4H2,1H3/t9-,10+/m1/s1. The van der Waals surface area contributed by atoms with Crippen LogP contribution in [0.3, 0.4) is 0 Å². The molecule has 0 aliphatic heterocycles. The highest BCUT2D eigenvalue weighted by molar-refractivity contribution is 6.12. The molecule has 1 aromatic heterocycles. The molecule has 3 rings (SSSR count). The Balaban J connectivity index is 2.01. The molecule has 17 heavy (non-hydrogen) atoms. The number of hydrogen-bond acceptors (Lipinski definition) is 3. The molecule has 0 radical (unpaired) electrons. The average molecular weight is 233 g/mol. The summed E-state index contributed by atoms with van der Waals surface area (Å²) < 4.78 is 4.78. The summed E-state index contributed by atoms with van der Waals surface area (Å²) in [6.45, 7) is 0.